The Labute approximate surface area is 115 Å². The summed E-state index contributed by atoms with van der Waals surface area (Å²) in [6.45, 7) is 0.0679. The van der Waals surface area contributed by atoms with Gasteiger partial charge in [0.1, 0.15) is 11.6 Å². The predicted molar refractivity (Wildman–Crippen MR) is 73.9 cm³/mol. The zero-order chi connectivity index (χ0) is 13.9. The minimum absolute atomic E-state index is 0.0679. The molecule has 1 heterocycles. The number of hydrogen-bond donors (Lipinski definition) is 1. The molecule has 1 aromatic heterocycles. The molecular formula is C15H12FN3O. The molecule has 3 rings (SSSR count). The molecule has 0 amide bonds. The van der Waals surface area contributed by atoms with E-state index >= 15 is 0 Å². The summed E-state index contributed by atoms with van der Waals surface area (Å²) in [6.07, 6.45) is 1.51. The Morgan fingerprint density at radius 1 is 1.05 bits per heavy atom. The minimum atomic E-state index is -0.378. The van der Waals surface area contributed by atoms with Crippen LogP contribution in [0.2, 0.25) is 0 Å². The zero-order valence-corrected chi connectivity index (χ0v) is 10.6. The van der Waals surface area contributed by atoms with E-state index in [1.165, 1.54) is 12.3 Å². The van der Waals surface area contributed by atoms with Crippen molar-refractivity contribution in [2.45, 2.75) is 6.54 Å². The van der Waals surface area contributed by atoms with Crippen LogP contribution in [0.15, 0.2) is 48.7 Å². The summed E-state index contributed by atoms with van der Waals surface area (Å²) in [5, 5.41) is 8.72. The third kappa shape index (κ3) is 2.19. The molecule has 0 spiro atoms. The molecule has 0 atom stereocenters. The Kier molecular flexibility index (Phi) is 3.26. The van der Waals surface area contributed by atoms with Crippen molar-refractivity contribution in [2.75, 3.05) is 0 Å². The van der Waals surface area contributed by atoms with Crippen LogP contribution in [0.25, 0.3) is 10.9 Å². The third-order valence-electron chi connectivity index (χ3n) is 3.01. The van der Waals surface area contributed by atoms with Crippen LogP contribution in [0.5, 0.6) is 11.5 Å². The summed E-state index contributed by atoms with van der Waals surface area (Å²) >= 11 is 0. The van der Waals surface area contributed by atoms with Gasteiger partial charge in [0.2, 0.25) is 0 Å². The monoisotopic (exact) mass is 269 g/mol. The van der Waals surface area contributed by atoms with Crippen LogP contribution in [0, 0.1) is 5.82 Å². The number of halogens is 1. The highest BCUT2D eigenvalue weighted by molar-refractivity contribution is 5.84. The lowest BCUT2D eigenvalue weighted by atomic mass is 10.2. The van der Waals surface area contributed by atoms with E-state index in [0.29, 0.717) is 17.1 Å². The predicted octanol–water partition coefficient (Wildman–Crippen LogP) is 3.02. The van der Waals surface area contributed by atoms with E-state index in [1.807, 2.05) is 24.3 Å². The molecule has 0 radical (unpaired) electrons. The Bertz CT molecular complexity index is 756. The van der Waals surface area contributed by atoms with Gasteiger partial charge in [0.25, 0.3) is 0 Å². The molecule has 0 bridgehead atoms. The molecule has 0 aliphatic carbocycles. The number of rotatable bonds is 3. The number of fused-ring (bicyclic) bond motifs is 1. The van der Waals surface area contributed by atoms with Gasteiger partial charge in [-0.05, 0) is 24.3 Å². The van der Waals surface area contributed by atoms with Crippen molar-refractivity contribution >= 4 is 10.9 Å². The lowest BCUT2D eigenvalue weighted by Crippen LogP contribution is -2.03. The molecule has 2 aromatic carbocycles. The lowest BCUT2D eigenvalue weighted by molar-refractivity contribution is 0.469. The minimum Gasteiger partial charge on any atom is -0.455 e. The molecule has 5 heteroatoms. The maximum Gasteiger partial charge on any atom is 0.157 e. The summed E-state index contributed by atoms with van der Waals surface area (Å²) in [7, 11) is 0. The van der Waals surface area contributed by atoms with Crippen LogP contribution in [-0.2, 0) is 6.54 Å². The fraction of sp³-hybridized carbons (Fsp3) is 0.0667. The number of hydrogen-bond acceptors (Lipinski definition) is 4. The van der Waals surface area contributed by atoms with Crippen molar-refractivity contribution in [1.82, 2.24) is 10.2 Å². The Morgan fingerprint density at radius 3 is 2.75 bits per heavy atom. The highest BCUT2D eigenvalue weighted by atomic mass is 19.1. The van der Waals surface area contributed by atoms with Gasteiger partial charge in [-0.2, -0.15) is 10.2 Å². The summed E-state index contributed by atoms with van der Waals surface area (Å²) in [6, 6.07) is 12.1. The average molecular weight is 269 g/mol. The number of nitrogens with two attached hydrogens (primary N) is 1. The van der Waals surface area contributed by atoms with Crippen molar-refractivity contribution in [2.24, 2.45) is 5.73 Å². The molecule has 100 valence electrons. The number of nitrogens with zero attached hydrogens (tertiary/aromatic N) is 2. The first-order chi connectivity index (χ1) is 9.79. The van der Waals surface area contributed by atoms with Crippen molar-refractivity contribution in [1.29, 1.82) is 0 Å². The lowest BCUT2D eigenvalue weighted by Gasteiger charge is -2.11. The zero-order valence-electron chi connectivity index (χ0n) is 10.6. The summed E-state index contributed by atoms with van der Waals surface area (Å²) in [4.78, 5) is 0. The molecule has 0 unspecified atom stereocenters. The van der Waals surface area contributed by atoms with Gasteiger partial charge in [-0.3, -0.25) is 0 Å². The molecule has 0 aliphatic heterocycles. The van der Waals surface area contributed by atoms with E-state index in [-0.39, 0.29) is 12.4 Å². The first kappa shape index (κ1) is 12.5. The summed E-state index contributed by atoms with van der Waals surface area (Å²) in [5.41, 5.74) is 6.63. The molecule has 0 saturated heterocycles. The second-order valence-electron chi connectivity index (χ2n) is 4.25. The van der Waals surface area contributed by atoms with Crippen molar-refractivity contribution in [3.05, 3.63) is 60.0 Å². The molecular weight excluding hydrogens is 257 g/mol. The van der Waals surface area contributed by atoms with Crippen LogP contribution >= 0.6 is 0 Å². The van der Waals surface area contributed by atoms with Crippen LogP contribution in [0.1, 0.15) is 5.56 Å². The molecule has 0 fully saturated rings. The van der Waals surface area contributed by atoms with E-state index in [0.717, 1.165) is 10.9 Å². The smallest absolute Gasteiger partial charge is 0.157 e. The Morgan fingerprint density at radius 2 is 1.90 bits per heavy atom. The maximum atomic E-state index is 13.7. The van der Waals surface area contributed by atoms with Crippen molar-refractivity contribution in [3.63, 3.8) is 0 Å². The maximum absolute atomic E-state index is 13.7. The second-order valence-corrected chi connectivity index (χ2v) is 4.25. The average Bonchev–Trinajstić information content (AvgIpc) is 2.48. The van der Waals surface area contributed by atoms with E-state index < -0.39 is 0 Å². The molecule has 2 N–H and O–H groups in total. The SMILES string of the molecule is NCc1c(F)cccc1Oc1cnnc2ccccc12. The van der Waals surface area contributed by atoms with Gasteiger partial charge < -0.3 is 10.5 Å². The number of benzene rings is 2. The van der Waals surface area contributed by atoms with Crippen LogP contribution in [-0.4, -0.2) is 10.2 Å². The second kappa shape index (κ2) is 5.22. The first-order valence-electron chi connectivity index (χ1n) is 6.15. The number of ether oxygens (including phenoxy) is 1. The standard InChI is InChI=1S/C15H12FN3O/c16-12-5-3-7-14(11(12)8-17)20-15-9-18-19-13-6-2-1-4-10(13)15/h1-7,9H,8,17H2. The van der Waals surface area contributed by atoms with E-state index in [9.17, 15) is 4.39 Å². The third-order valence-corrected chi connectivity index (χ3v) is 3.01. The quantitative estimate of drug-likeness (QED) is 0.794. The topological polar surface area (TPSA) is 61.0 Å². The van der Waals surface area contributed by atoms with Gasteiger partial charge in [-0.25, -0.2) is 4.39 Å². The highest BCUT2D eigenvalue weighted by Crippen LogP contribution is 2.30. The van der Waals surface area contributed by atoms with Gasteiger partial charge >= 0.3 is 0 Å². The molecule has 0 saturated carbocycles. The Balaban J connectivity index is 2.08. The summed E-state index contributed by atoms with van der Waals surface area (Å²) in [5.74, 6) is 0.540. The van der Waals surface area contributed by atoms with Gasteiger partial charge in [0.05, 0.1) is 11.7 Å². The van der Waals surface area contributed by atoms with Crippen molar-refractivity contribution < 1.29 is 9.13 Å². The molecule has 0 aliphatic rings. The van der Waals surface area contributed by atoms with Gasteiger partial charge in [0.15, 0.2) is 5.75 Å². The summed E-state index contributed by atoms with van der Waals surface area (Å²) < 4.78 is 19.5. The molecule has 3 aromatic rings. The largest absolute Gasteiger partial charge is 0.455 e. The number of aromatic nitrogens is 2. The van der Waals surface area contributed by atoms with Gasteiger partial charge in [0, 0.05) is 17.5 Å². The van der Waals surface area contributed by atoms with Crippen LogP contribution < -0.4 is 10.5 Å². The molecule has 4 nitrogen and oxygen atoms in total. The first-order valence-corrected chi connectivity index (χ1v) is 6.15. The van der Waals surface area contributed by atoms with Crippen LogP contribution in [0.4, 0.5) is 4.39 Å². The van der Waals surface area contributed by atoms with Gasteiger partial charge in [-0.1, -0.05) is 18.2 Å². The highest BCUT2D eigenvalue weighted by Gasteiger charge is 2.11. The van der Waals surface area contributed by atoms with E-state index in [1.54, 1.807) is 12.1 Å². The normalized spacial score (nSPS) is 10.7. The Hall–Kier alpha value is -2.53. The van der Waals surface area contributed by atoms with Gasteiger partial charge in [-0.15, -0.1) is 0 Å². The van der Waals surface area contributed by atoms with Crippen LogP contribution in [0.3, 0.4) is 0 Å². The molecule has 20 heavy (non-hydrogen) atoms. The van der Waals surface area contributed by atoms with Crippen molar-refractivity contribution in [3.8, 4) is 11.5 Å². The fourth-order valence-corrected chi connectivity index (χ4v) is 2.01. The van der Waals surface area contributed by atoms with E-state index in [4.69, 9.17) is 10.5 Å². The van der Waals surface area contributed by atoms with E-state index in [2.05, 4.69) is 10.2 Å². The fourth-order valence-electron chi connectivity index (χ4n) is 2.01.